The lowest BCUT2D eigenvalue weighted by Crippen LogP contribution is -1.84. The molecule has 0 bridgehead atoms. The molecule has 0 N–H and O–H groups in total. The van der Waals surface area contributed by atoms with Gasteiger partial charge in [0.15, 0.2) is 0 Å². The monoisotopic (exact) mass is 236 g/mol. The molecule has 0 aliphatic heterocycles. The molecule has 0 spiro atoms. The van der Waals surface area contributed by atoms with Gasteiger partial charge in [0.1, 0.15) is 5.38 Å². The van der Waals surface area contributed by atoms with Crippen molar-refractivity contribution in [2.24, 2.45) is 0 Å². The van der Waals surface area contributed by atoms with Crippen molar-refractivity contribution < 1.29 is 4.42 Å². The molecule has 1 atom stereocenters. The third-order valence-corrected chi connectivity index (χ3v) is 2.58. The largest absolute Gasteiger partial charge is 0.419 e. The van der Waals surface area contributed by atoms with Gasteiger partial charge in [0.25, 0.3) is 0 Å². The Bertz CT molecular complexity index is 505. The summed E-state index contributed by atoms with van der Waals surface area (Å²) >= 11 is 5.87. The number of nitrogens with zero attached hydrogens (tertiary/aromatic N) is 2. The molecule has 0 saturated carbocycles. The van der Waals surface area contributed by atoms with Gasteiger partial charge in [-0.2, -0.15) is 0 Å². The fraction of sp³-hybridized carbons (Fsp3) is 0.333. The number of hydrogen-bond donors (Lipinski definition) is 0. The Morgan fingerprint density at radius 1 is 1.25 bits per heavy atom. The van der Waals surface area contributed by atoms with Gasteiger partial charge in [-0.05, 0) is 32.4 Å². The molecule has 0 saturated heterocycles. The Labute approximate surface area is 99.5 Å². The number of aryl methyl sites for hydroxylation is 2. The number of alkyl halides is 1. The molecule has 0 radical (unpaired) electrons. The van der Waals surface area contributed by atoms with Crippen LogP contribution >= 0.6 is 11.6 Å². The molecule has 0 aliphatic carbocycles. The van der Waals surface area contributed by atoms with E-state index in [1.54, 1.807) is 6.92 Å². The van der Waals surface area contributed by atoms with Gasteiger partial charge in [-0.1, -0.05) is 17.7 Å². The lowest BCUT2D eigenvalue weighted by atomic mass is 10.1. The van der Waals surface area contributed by atoms with Crippen LogP contribution < -0.4 is 0 Å². The Hall–Kier alpha value is -1.35. The molecule has 16 heavy (non-hydrogen) atoms. The van der Waals surface area contributed by atoms with Gasteiger partial charge in [0, 0.05) is 5.56 Å². The first-order valence-corrected chi connectivity index (χ1v) is 5.56. The predicted octanol–water partition coefficient (Wildman–Crippen LogP) is 3.65. The normalized spacial score (nSPS) is 12.8. The summed E-state index contributed by atoms with van der Waals surface area (Å²) in [6.45, 7) is 5.88. The molecular weight excluding hydrogens is 224 g/mol. The van der Waals surface area contributed by atoms with Gasteiger partial charge in [0.05, 0.1) is 0 Å². The quantitative estimate of drug-likeness (QED) is 0.747. The third kappa shape index (κ3) is 2.09. The first-order valence-electron chi connectivity index (χ1n) is 5.13. The van der Waals surface area contributed by atoms with Crippen LogP contribution in [-0.4, -0.2) is 10.2 Å². The van der Waals surface area contributed by atoms with E-state index < -0.39 is 0 Å². The molecule has 4 heteroatoms. The second-order valence-corrected chi connectivity index (χ2v) is 4.53. The fourth-order valence-electron chi connectivity index (χ4n) is 1.56. The van der Waals surface area contributed by atoms with Crippen molar-refractivity contribution in [3.8, 4) is 11.5 Å². The second kappa shape index (κ2) is 4.26. The molecular formula is C12H13ClN2O. The lowest BCUT2D eigenvalue weighted by molar-refractivity contribution is 0.507. The first-order chi connectivity index (χ1) is 7.58. The van der Waals surface area contributed by atoms with E-state index in [1.165, 1.54) is 5.56 Å². The summed E-state index contributed by atoms with van der Waals surface area (Å²) < 4.78 is 5.50. The van der Waals surface area contributed by atoms with E-state index in [1.807, 2.05) is 19.1 Å². The Morgan fingerprint density at radius 3 is 2.56 bits per heavy atom. The summed E-state index contributed by atoms with van der Waals surface area (Å²) in [5, 5.41) is 7.65. The average molecular weight is 237 g/mol. The lowest BCUT2D eigenvalue weighted by Gasteiger charge is -2.01. The van der Waals surface area contributed by atoms with Crippen LogP contribution in [0.1, 0.15) is 29.3 Å². The number of rotatable bonds is 2. The summed E-state index contributed by atoms with van der Waals surface area (Å²) in [6.07, 6.45) is 0. The Morgan fingerprint density at radius 2 is 2.00 bits per heavy atom. The fourth-order valence-corrected chi connectivity index (χ4v) is 1.65. The minimum atomic E-state index is -0.257. The highest BCUT2D eigenvalue weighted by Gasteiger charge is 2.13. The van der Waals surface area contributed by atoms with Crippen molar-refractivity contribution in [3.05, 3.63) is 35.2 Å². The predicted molar refractivity (Wildman–Crippen MR) is 63.5 cm³/mol. The van der Waals surface area contributed by atoms with E-state index in [0.717, 1.165) is 11.1 Å². The number of halogens is 1. The number of hydrogen-bond acceptors (Lipinski definition) is 3. The Balaban J connectivity index is 2.42. The standard InChI is InChI=1S/C12H13ClN2O/c1-7-4-5-10(8(2)6-7)12-15-14-11(16-12)9(3)13/h4-6,9H,1-3H3. The topological polar surface area (TPSA) is 38.9 Å². The van der Waals surface area contributed by atoms with Crippen LogP contribution in [0.2, 0.25) is 0 Å². The van der Waals surface area contributed by atoms with E-state index in [0.29, 0.717) is 11.8 Å². The highest BCUT2D eigenvalue weighted by atomic mass is 35.5. The number of aromatic nitrogens is 2. The van der Waals surface area contributed by atoms with Crippen molar-refractivity contribution in [1.82, 2.24) is 10.2 Å². The third-order valence-electron chi connectivity index (χ3n) is 2.39. The van der Waals surface area contributed by atoms with Gasteiger partial charge >= 0.3 is 0 Å². The van der Waals surface area contributed by atoms with Crippen LogP contribution in [0.25, 0.3) is 11.5 Å². The van der Waals surface area contributed by atoms with E-state index in [2.05, 4.69) is 23.2 Å². The zero-order valence-electron chi connectivity index (χ0n) is 9.49. The second-order valence-electron chi connectivity index (χ2n) is 3.88. The van der Waals surface area contributed by atoms with Gasteiger partial charge in [0.2, 0.25) is 11.8 Å². The maximum atomic E-state index is 5.87. The summed E-state index contributed by atoms with van der Waals surface area (Å²) in [5.41, 5.74) is 3.30. The summed E-state index contributed by atoms with van der Waals surface area (Å²) in [4.78, 5) is 0. The van der Waals surface area contributed by atoms with Crippen LogP contribution in [0.3, 0.4) is 0 Å². The highest BCUT2D eigenvalue weighted by Crippen LogP contribution is 2.26. The Kier molecular flexibility index (Phi) is 2.97. The minimum absolute atomic E-state index is 0.257. The molecule has 2 rings (SSSR count). The molecule has 1 unspecified atom stereocenters. The van der Waals surface area contributed by atoms with E-state index in [-0.39, 0.29) is 5.38 Å². The zero-order chi connectivity index (χ0) is 11.7. The summed E-state index contributed by atoms with van der Waals surface area (Å²) in [6, 6.07) is 6.10. The molecule has 2 aromatic rings. The van der Waals surface area contributed by atoms with E-state index >= 15 is 0 Å². The molecule has 1 heterocycles. The molecule has 0 amide bonds. The first kappa shape index (κ1) is 11.1. The van der Waals surface area contributed by atoms with Gasteiger partial charge in [-0.15, -0.1) is 21.8 Å². The molecule has 84 valence electrons. The summed E-state index contributed by atoms with van der Waals surface area (Å²) in [5.74, 6) is 0.983. The van der Waals surface area contributed by atoms with Crippen LogP contribution in [0.5, 0.6) is 0 Å². The SMILES string of the molecule is Cc1ccc(-c2nnc(C(C)Cl)o2)c(C)c1. The van der Waals surface area contributed by atoms with Crippen molar-refractivity contribution in [3.63, 3.8) is 0 Å². The summed E-state index contributed by atoms with van der Waals surface area (Å²) in [7, 11) is 0. The van der Waals surface area contributed by atoms with Gasteiger partial charge < -0.3 is 4.42 Å². The molecule has 1 aromatic heterocycles. The van der Waals surface area contributed by atoms with E-state index in [9.17, 15) is 0 Å². The van der Waals surface area contributed by atoms with Crippen LogP contribution in [0, 0.1) is 13.8 Å². The minimum Gasteiger partial charge on any atom is -0.419 e. The molecule has 1 aromatic carbocycles. The van der Waals surface area contributed by atoms with Crippen molar-refractivity contribution in [1.29, 1.82) is 0 Å². The maximum Gasteiger partial charge on any atom is 0.248 e. The highest BCUT2D eigenvalue weighted by molar-refractivity contribution is 6.20. The van der Waals surface area contributed by atoms with E-state index in [4.69, 9.17) is 16.0 Å². The molecule has 0 fully saturated rings. The molecule has 0 aliphatic rings. The zero-order valence-corrected chi connectivity index (χ0v) is 10.2. The molecule has 3 nitrogen and oxygen atoms in total. The maximum absolute atomic E-state index is 5.87. The van der Waals surface area contributed by atoms with Crippen molar-refractivity contribution in [2.45, 2.75) is 26.1 Å². The smallest absolute Gasteiger partial charge is 0.248 e. The van der Waals surface area contributed by atoms with Crippen LogP contribution in [0.4, 0.5) is 0 Å². The van der Waals surface area contributed by atoms with Gasteiger partial charge in [-0.25, -0.2) is 0 Å². The van der Waals surface area contributed by atoms with Crippen LogP contribution in [0.15, 0.2) is 22.6 Å². The van der Waals surface area contributed by atoms with Crippen molar-refractivity contribution >= 4 is 11.6 Å². The van der Waals surface area contributed by atoms with Crippen LogP contribution in [-0.2, 0) is 0 Å². The number of benzene rings is 1. The van der Waals surface area contributed by atoms with Gasteiger partial charge in [-0.3, -0.25) is 0 Å². The van der Waals surface area contributed by atoms with Crippen molar-refractivity contribution in [2.75, 3.05) is 0 Å². The average Bonchev–Trinajstić information content (AvgIpc) is 2.66.